The standard InChI is InChI=1S/C15H16N4S/c1-3-10-16-15(20)19-18-11(2)13-9-8-12-6-4-5-7-14(12)17-13/h3-9H,1,10H2,2H3,(H2,16,19,20)/b18-11+. The van der Waals surface area contributed by atoms with Crippen LogP contribution in [-0.2, 0) is 0 Å². The maximum Gasteiger partial charge on any atom is 0.187 e. The van der Waals surface area contributed by atoms with E-state index in [4.69, 9.17) is 12.2 Å². The molecule has 0 aliphatic heterocycles. The van der Waals surface area contributed by atoms with Crippen molar-refractivity contribution in [2.75, 3.05) is 6.54 Å². The Morgan fingerprint density at radius 1 is 1.35 bits per heavy atom. The van der Waals surface area contributed by atoms with Crippen LogP contribution in [0.15, 0.2) is 54.2 Å². The SMILES string of the molecule is C=CCNC(=S)N/N=C(\C)c1ccc2ccccc2n1. The summed E-state index contributed by atoms with van der Waals surface area (Å²) in [5, 5.41) is 8.74. The fourth-order valence-corrected chi connectivity index (χ4v) is 1.79. The Balaban J connectivity index is 2.12. The van der Waals surface area contributed by atoms with Gasteiger partial charge in [0.05, 0.1) is 16.9 Å². The summed E-state index contributed by atoms with van der Waals surface area (Å²) in [5.41, 5.74) is 5.33. The summed E-state index contributed by atoms with van der Waals surface area (Å²) in [4.78, 5) is 4.56. The van der Waals surface area contributed by atoms with E-state index in [9.17, 15) is 0 Å². The smallest absolute Gasteiger partial charge is 0.187 e. The van der Waals surface area contributed by atoms with Gasteiger partial charge in [-0.15, -0.1) is 6.58 Å². The number of hydrogen-bond donors (Lipinski definition) is 2. The molecule has 0 unspecified atom stereocenters. The van der Waals surface area contributed by atoms with Gasteiger partial charge in [0.15, 0.2) is 5.11 Å². The average Bonchev–Trinajstić information content (AvgIpc) is 2.50. The highest BCUT2D eigenvalue weighted by molar-refractivity contribution is 7.80. The monoisotopic (exact) mass is 284 g/mol. The summed E-state index contributed by atoms with van der Waals surface area (Å²) in [6.07, 6.45) is 1.73. The molecule has 0 amide bonds. The van der Waals surface area contributed by atoms with Crippen molar-refractivity contribution in [1.29, 1.82) is 0 Å². The molecule has 0 aliphatic carbocycles. The molecule has 20 heavy (non-hydrogen) atoms. The van der Waals surface area contributed by atoms with E-state index in [1.807, 2.05) is 43.3 Å². The first-order chi connectivity index (χ1) is 9.70. The summed E-state index contributed by atoms with van der Waals surface area (Å²) in [6.45, 7) is 6.10. The first-order valence-electron chi connectivity index (χ1n) is 6.26. The summed E-state index contributed by atoms with van der Waals surface area (Å²) < 4.78 is 0. The van der Waals surface area contributed by atoms with Crippen molar-refractivity contribution in [2.45, 2.75) is 6.92 Å². The van der Waals surface area contributed by atoms with Gasteiger partial charge in [-0.1, -0.05) is 30.3 Å². The van der Waals surface area contributed by atoms with E-state index >= 15 is 0 Å². The van der Waals surface area contributed by atoms with E-state index in [1.165, 1.54) is 0 Å². The van der Waals surface area contributed by atoms with Crippen molar-refractivity contribution >= 4 is 33.9 Å². The molecule has 4 nitrogen and oxygen atoms in total. The van der Waals surface area contributed by atoms with Crippen molar-refractivity contribution < 1.29 is 0 Å². The van der Waals surface area contributed by atoms with Gasteiger partial charge < -0.3 is 5.32 Å². The number of pyridine rings is 1. The second kappa shape index (κ2) is 6.77. The number of para-hydroxylation sites is 1. The predicted molar refractivity (Wildman–Crippen MR) is 87.9 cm³/mol. The fourth-order valence-electron chi connectivity index (χ4n) is 1.66. The van der Waals surface area contributed by atoms with Gasteiger partial charge in [-0.2, -0.15) is 5.10 Å². The zero-order valence-electron chi connectivity index (χ0n) is 11.3. The van der Waals surface area contributed by atoms with Crippen LogP contribution in [0.1, 0.15) is 12.6 Å². The van der Waals surface area contributed by atoms with Crippen LogP contribution in [0.2, 0.25) is 0 Å². The van der Waals surface area contributed by atoms with Crippen LogP contribution >= 0.6 is 12.2 Å². The summed E-state index contributed by atoms with van der Waals surface area (Å²) in [6, 6.07) is 12.0. The molecule has 0 radical (unpaired) electrons. The number of rotatable bonds is 4. The van der Waals surface area contributed by atoms with Crippen LogP contribution in [0, 0.1) is 0 Å². The highest BCUT2D eigenvalue weighted by atomic mass is 32.1. The van der Waals surface area contributed by atoms with Crippen LogP contribution in [-0.4, -0.2) is 22.4 Å². The topological polar surface area (TPSA) is 49.3 Å². The van der Waals surface area contributed by atoms with Crippen molar-refractivity contribution in [3.63, 3.8) is 0 Å². The number of fused-ring (bicyclic) bond motifs is 1. The molecule has 2 N–H and O–H groups in total. The van der Waals surface area contributed by atoms with Crippen molar-refractivity contribution in [1.82, 2.24) is 15.7 Å². The Bertz CT molecular complexity index is 664. The quantitative estimate of drug-likeness (QED) is 0.392. The Morgan fingerprint density at radius 3 is 2.95 bits per heavy atom. The first-order valence-corrected chi connectivity index (χ1v) is 6.66. The number of hydrogen-bond acceptors (Lipinski definition) is 3. The van der Waals surface area contributed by atoms with Gasteiger partial charge in [-0.3, -0.25) is 5.43 Å². The molecule has 0 saturated heterocycles. The highest BCUT2D eigenvalue weighted by Crippen LogP contribution is 2.12. The lowest BCUT2D eigenvalue weighted by molar-refractivity contribution is 0.935. The Hall–Kier alpha value is -2.27. The average molecular weight is 284 g/mol. The third-order valence-electron chi connectivity index (χ3n) is 2.70. The largest absolute Gasteiger partial charge is 0.358 e. The summed E-state index contributed by atoms with van der Waals surface area (Å²) in [5.74, 6) is 0. The number of nitrogens with zero attached hydrogens (tertiary/aromatic N) is 2. The lowest BCUT2D eigenvalue weighted by Gasteiger charge is -2.06. The molecule has 0 spiro atoms. The third-order valence-corrected chi connectivity index (χ3v) is 2.94. The van der Waals surface area contributed by atoms with Crippen LogP contribution in [0.4, 0.5) is 0 Å². The zero-order valence-corrected chi connectivity index (χ0v) is 12.1. The molecule has 0 atom stereocenters. The van der Waals surface area contributed by atoms with Gasteiger partial charge in [0.2, 0.25) is 0 Å². The predicted octanol–water partition coefficient (Wildman–Crippen LogP) is 2.61. The fraction of sp³-hybridized carbons (Fsp3) is 0.133. The zero-order chi connectivity index (χ0) is 14.4. The van der Waals surface area contributed by atoms with Gasteiger partial charge in [-0.25, -0.2) is 4.98 Å². The van der Waals surface area contributed by atoms with Crippen molar-refractivity contribution in [3.8, 4) is 0 Å². The third kappa shape index (κ3) is 3.61. The van der Waals surface area contributed by atoms with Gasteiger partial charge >= 0.3 is 0 Å². The second-order valence-electron chi connectivity index (χ2n) is 4.20. The van der Waals surface area contributed by atoms with Gasteiger partial charge in [0, 0.05) is 11.9 Å². The molecular weight excluding hydrogens is 268 g/mol. The lowest BCUT2D eigenvalue weighted by Crippen LogP contribution is -2.32. The maximum atomic E-state index is 5.07. The molecule has 0 aliphatic rings. The van der Waals surface area contributed by atoms with Crippen molar-refractivity contribution in [3.05, 3.63) is 54.7 Å². The van der Waals surface area contributed by atoms with E-state index in [-0.39, 0.29) is 0 Å². The number of thiocarbonyl (C=S) groups is 1. The van der Waals surface area contributed by atoms with E-state index in [0.717, 1.165) is 22.3 Å². The van der Waals surface area contributed by atoms with Crippen LogP contribution < -0.4 is 10.7 Å². The number of nitrogens with one attached hydrogen (secondary N) is 2. The van der Waals surface area contributed by atoms with E-state index < -0.39 is 0 Å². The lowest BCUT2D eigenvalue weighted by atomic mass is 10.2. The normalized spacial score (nSPS) is 11.2. The van der Waals surface area contributed by atoms with Crippen LogP contribution in [0.3, 0.4) is 0 Å². The van der Waals surface area contributed by atoms with E-state index in [0.29, 0.717) is 11.7 Å². The molecule has 2 aromatic rings. The number of benzene rings is 1. The molecule has 102 valence electrons. The molecule has 1 heterocycles. The van der Waals surface area contributed by atoms with Crippen LogP contribution in [0.5, 0.6) is 0 Å². The molecule has 0 bridgehead atoms. The minimum Gasteiger partial charge on any atom is -0.358 e. The molecule has 5 heteroatoms. The number of aromatic nitrogens is 1. The minimum atomic E-state index is 0.463. The Morgan fingerprint density at radius 2 is 2.15 bits per heavy atom. The van der Waals surface area contributed by atoms with Crippen molar-refractivity contribution in [2.24, 2.45) is 5.10 Å². The highest BCUT2D eigenvalue weighted by Gasteiger charge is 2.01. The molecule has 1 aromatic carbocycles. The second-order valence-corrected chi connectivity index (χ2v) is 4.61. The maximum absolute atomic E-state index is 5.07. The minimum absolute atomic E-state index is 0.463. The molecular formula is C15H16N4S. The Kier molecular flexibility index (Phi) is 4.79. The van der Waals surface area contributed by atoms with Gasteiger partial charge in [-0.05, 0) is 31.3 Å². The van der Waals surface area contributed by atoms with Gasteiger partial charge in [0.1, 0.15) is 0 Å². The Labute approximate surface area is 123 Å². The van der Waals surface area contributed by atoms with Gasteiger partial charge in [0.25, 0.3) is 0 Å². The van der Waals surface area contributed by atoms with E-state index in [2.05, 4.69) is 27.4 Å². The summed E-state index contributed by atoms with van der Waals surface area (Å²) >= 11 is 5.07. The van der Waals surface area contributed by atoms with Crippen LogP contribution in [0.25, 0.3) is 10.9 Å². The van der Waals surface area contributed by atoms with E-state index in [1.54, 1.807) is 6.08 Å². The molecule has 2 rings (SSSR count). The number of hydrazone groups is 1. The molecule has 0 fully saturated rings. The molecule has 0 saturated carbocycles. The first kappa shape index (κ1) is 14.1. The summed E-state index contributed by atoms with van der Waals surface area (Å²) in [7, 11) is 0. The molecule has 1 aromatic heterocycles.